The van der Waals surface area contributed by atoms with E-state index < -0.39 is 10.0 Å². The second-order valence-electron chi connectivity index (χ2n) is 6.84. The Morgan fingerprint density at radius 3 is 2.73 bits per heavy atom. The van der Waals surface area contributed by atoms with Gasteiger partial charge in [0.05, 0.1) is 24.4 Å². The first-order valence-corrected chi connectivity index (χ1v) is 10.6. The topological polar surface area (TPSA) is 90.9 Å². The van der Waals surface area contributed by atoms with Crippen molar-refractivity contribution in [1.29, 1.82) is 0 Å². The van der Waals surface area contributed by atoms with Crippen molar-refractivity contribution in [2.75, 3.05) is 39.0 Å². The van der Waals surface area contributed by atoms with E-state index in [1.807, 2.05) is 18.2 Å². The molecule has 1 unspecified atom stereocenters. The molecule has 0 N–H and O–H groups in total. The summed E-state index contributed by atoms with van der Waals surface area (Å²) in [7, 11) is -3.24. The molecular formula is C17H24N4O4S. The zero-order valence-corrected chi connectivity index (χ0v) is 15.7. The number of carbonyl (C=O) groups excluding carboxylic acids is 2. The molecule has 26 heavy (non-hydrogen) atoms. The first kappa shape index (κ1) is 18.8. The van der Waals surface area contributed by atoms with Crippen LogP contribution in [0.1, 0.15) is 18.5 Å². The SMILES string of the molecule is CS(=O)(=O)N1CCCN(C(=O)C2CC(=O)N(Cc3ccccn3)C2)CC1. The summed E-state index contributed by atoms with van der Waals surface area (Å²) >= 11 is 0. The van der Waals surface area contributed by atoms with Crippen molar-refractivity contribution in [2.45, 2.75) is 19.4 Å². The maximum Gasteiger partial charge on any atom is 0.228 e. The lowest BCUT2D eigenvalue weighted by Gasteiger charge is -2.24. The predicted octanol–water partition coefficient (Wildman–Crippen LogP) is -0.0760. The van der Waals surface area contributed by atoms with Crippen LogP contribution in [0.3, 0.4) is 0 Å². The fourth-order valence-corrected chi connectivity index (χ4v) is 4.36. The van der Waals surface area contributed by atoms with Crippen LogP contribution in [0.25, 0.3) is 0 Å². The van der Waals surface area contributed by atoms with Crippen LogP contribution in [-0.2, 0) is 26.2 Å². The summed E-state index contributed by atoms with van der Waals surface area (Å²) in [5.74, 6) is -0.463. The van der Waals surface area contributed by atoms with E-state index in [0.29, 0.717) is 45.7 Å². The summed E-state index contributed by atoms with van der Waals surface area (Å²) in [5.41, 5.74) is 0.799. The van der Waals surface area contributed by atoms with E-state index in [2.05, 4.69) is 4.98 Å². The van der Waals surface area contributed by atoms with Gasteiger partial charge in [-0.1, -0.05) is 6.07 Å². The highest BCUT2D eigenvalue weighted by atomic mass is 32.2. The zero-order valence-electron chi connectivity index (χ0n) is 14.9. The van der Waals surface area contributed by atoms with Gasteiger partial charge in [0.15, 0.2) is 0 Å². The molecule has 0 radical (unpaired) electrons. The van der Waals surface area contributed by atoms with Gasteiger partial charge in [-0.05, 0) is 18.6 Å². The molecule has 142 valence electrons. The van der Waals surface area contributed by atoms with E-state index in [1.165, 1.54) is 10.6 Å². The Labute approximate surface area is 153 Å². The normalized spacial score (nSPS) is 22.5. The number of carbonyl (C=O) groups is 2. The molecule has 8 nitrogen and oxygen atoms in total. The molecule has 9 heteroatoms. The molecule has 2 aliphatic rings. The summed E-state index contributed by atoms with van der Waals surface area (Å²) in [6.45, 7) is 2.43. The zero-order chi connectivity index (χ0) is 18.7. The number of pyridine rings is 1. The van der Waals surface area contributed by atoms with Crippen molar-refractivity contribution < 1.29 is 18.0 Å². The first-order valence-electron chi connectivity index (χ1n) is 8.76. The quantitative estimate of drug-likeness (QED) is 0.729. The molecule has 1 atom stereocenters. The van der Waals surface area contributed by atoms with Crippen LogP contribution < -0.4 is 0 Å². The third-order valence-corrected chi connectivity index (χ3v) is 6.18. The summed E-state index contributed by atoms with van der Waals surface area (Å²) in [6.07, 6.45) is 3.69. The number of amides is 2. The van der Waals surface area contributed by atoms with Crippen LogP contribution in [0, 0.1) is 5.92 Å². The minimum Gasteiger partial charge on any atom is -0.341 e. The van der Waals surface area contributed by atoms with Crippen LogP contribution in [0.2, 0.25) is 0 Å². The average Bonchev–Trinajstić information content (AvgIpc) is 2.82. The fourth-order valence-electron chi connectivity index (χ4n) is 3.48. The van der Waals surface area contributed by atoms with Gasteiger partial charge >= 0.3 is 0 Å². The molecule has 2 saturated heterocycles. The molecule has 3 heterocycles. The number of aromatic nitrogens is 1. The third kappa shape index (κ3) is 4.39. The maximum absolute atomic E-state index is 12.8. The molecular weight excluding hydrogens is 356 g/mol. The molecule has 2 fully saturated rings. The van der Waals surface area contributed by atoms with Crippen molar-refractivity contribution in [1.82, 2.24) is 19.1 Å². The Morgan fingerprint density at radius 2 is 2.04 bits per heavy atom. The van der Waals surface area contributed by atoms with E-state index in [1.54, 1.807) is 16.0 Å². The standard InChI is InChI=1S/C17H24N4O4S/c1-26(24,25)21-8-4-7-19(9-10-21)17(23)14-11-16(22)20(12-14)13-15-5-2-3-6-18-15/h2-3,5-6,14H,4,7-13H2,1H3. The maximum atomic E-state index is 12.8. The number of likely N-dealkylation sites (tertiary alicyclic amines) is 1. The van der Waals surface area contributed by atoms with Crippen LogP contribution in [-0.4, -0.2) is 78.3 Å². The molecule has 0 aromatic carbocycles. The summed E-state index contributed by atoms with van der Waals surface area (Å²) < 4.78 is 24.8. The lowest BCUT2D eigenvalue weighted by molar-refractivity contribution is -0.135. The lowest BCUT2D eigenvalue weighted by atomic mass is 10.1. The lowest BCUT2D eigenvalue weighted by Crippen LogP contribution is -2.40. The molecule has 0 bridgehead atoms. The van der Waals surface area contributed by atoms with Crippen molar-refractivity contribution in [2.24, 2.45) is 5.92 Å². The van der Waals surface area contributed by atoms with Gasteiger partial charge in [-0.25, -0.2) is 12.7 Å². The molecule has 1 aromatic rings. The van der Waals surface area contributed by atoms with Crippen LogP contribution in [0.5, 0.6) is 0 Å². The Hall–Kier alpha value is -2.00. The highest BCUT2D eigenvalue weighted by Crippen LogP contribution is 2.22. The number of sulfonamides is 1. The summed E-state index contributed by atoms with van der Waals surface area (Å²) in [6, 6.07) is 5.55. The monoisotopic (exact) mass is 380 g/mol. The highest BCUT2D eigenvalue weighted by molar-refractivity contribution is 7.88. The second kappa shape index (κ2) is 7.71. The van der Waals surface area contributed by atoms with Crippen LogP contribution in [0.4, 0.5) is 0 Å². The van der Waals surface area contributed by atoms with E-state index in [4.69, 9.17) is 0 Å². The highest BCUT2D eigenvalue weighted by Gasteiger charge is 2.37. The van der Waals surface area contributed by atoms with Gasteiger partial charge in [-0.15, -0.1) is 0 Å². The number of rotatable bonds is 4. The van der Waals surface area contributed by atoms with E-state index >= 15 is 0 Å². The molecule has 0 saturated carbocycles. The van der Waals surface area contributed by atoms with E-state index in [9.17, 15) is 18.0 Å². The van der Waals surface area contributed by atoms with E-state index in [-0.39, 0.29) is 24.2 Å². The number of hydrogen-bond donors (Lipinski definition) is 0. The van der Waals surface area contributed by atoms with Crippen LogP contribution >= 0.6 is 0 Å². The molecule has 0 aliphatic carbocycles. The minimum atomic E-state index is -3.24. The molecule has 0 spiro atoms. The molecule has 1 aromatic heterocycles. The Kier molecular flexibility index (Phi) is 5.57. The largest absolute Gasteiger partial charge is 0.341 e. The van der Waals surface area contributed by atoms with Gasteiger partial charge in [-0.2, -0.15) is 0 Å². The Morgan fingerprint density at radius 1 is 1.23 bits per heavy atom. The first-order chi connectivity index (χ1) is 12.3. The second-order valence-corrected chi connectivity index (χ2v) is 8.82. The van der Waals surface area contributed by atoms with Crippen LogP contribution in [0.15, 0.2) is 24.4 Å². The smallest absolute Gasteiger partial charge is 0.228 e. The Balaban J connectivity index is 1.59. The van der Waals surface area contributed by atoms with Gasteiger partial charge < -0.3 is 9.80 Å². The van der Waals surface area contributed by atoms with Gasteiger partial charge in [0.1, 0.15) is 0 Å². The van der Waals surface area contributed by atoms with Crippen molar-refractivity contribution in [3.8, 4) is 0 Å². The third-order valence-electron chi connectivity index (χ3n) is 4.88. The van der Waals surface area contributed by atoms with Gasteiger partial charge in [0, 0.05) is 45.3 Å². The minimum absolute atomic E-state index is 0.0402. The van der Waals surface area contributed by atoms with Crippen molar-refractivity contribution >= 4 is 21.8 Å². The average molecular weight is 380 g/mol. The Bertz CT molecular complexity index is 768. The predicted molar refractivity (Wildman–Crippen MR) is 95.4 cm³/mol. The van der Waals surface area contributed by atoms with Gasteiger partial charge in [0.2, 0.25) is 21.8 Å². The van der Waals surface area contributed by atoms with Crippen molar-refractivity contribution in [3.05, 3.63) is 30.1 Å². The van der Waals surface area contributed by atoms with Gasteiger partial charge in [0.25, 0.3) is 0 Å². The summed E-state index contributed by atoms with van der Waals surface area (Å²) in [4.78, 5) is 32.7. The van der Waals surface area contributed by atoms with Crippen molar-refractivity contribution in [3.63, 3.8) is 0 Å². The summed E-state index contributed by atoms with van der Waals surface area (Å²) in [5, 5.41) is 0. The number of hydrogen-bond acceptors (Lipinski definition) is 5. The van der Waals surface area contributed by atoms with Gasteiger partial charge in [-0.3, -0.25) is 14.6 Å². The molecule has 3 rings (SSSR count). The molecule has 2 aliphatic heterocycles. The van der Waals surface area contributed by atoms with E-state index in [0.717, 1.165) is 5.69 Å². The fraction of sp³-hybridized carbons (Fsp3) is 0.588. The molecule has 2 amide bonds. The number of nitrogens with zero attached hydrogens (tertiary/aromatic N) is 4.